The maximum atomic E-state index is 11.1. The maximum absolute atomic E-state index is 11.1. The number of aldehydes is 1. The van der Waals surface area contributed by atoms with Gasteiger partial charge in [0.05, 0.1) is 0 Å². The van der Waals surface area contributed by atoms with Crippen molar-refractivity contribution in [3.63, 3.8) is 0 Å². The summed E-state index contributed by atoms with van der Waals surface area (Å²) in [5.74, 6) is 0.816. The van der Waals surface area contributed by atoms with Crippen LogP contribution in [0.1, 0.15) is 31.1 Å². The SMILES string of the molecule is C=CCOC(=O)COc1cccc(C=O)c1.CC(C)C. The van der Waals surface area contributed by atoms with Gasteiger partial charge in [0.25, 0.3) is 0 Å². The number of benzene rings is 1. The molecule has 0 saturated heterocycles. The molecule has 1 aromatic rings. The van der Waals surface area contributed by atoms with Gasteiger partial charge in [-0.25, -0.2) is 4.79 Å². The number of hydrogen-bond donors (Lipinski definition) is 0. The number of hydrogen-bond acceptors (Lipinski definition) is 4. The van der Waals surface area contributed by atoms with Crippen molar-refractivity contribution < 1.29 is 19.1 Å². The van der Waals surface area contributed by atoms with Crippen molar-refractivity contribution in [1.82, 2.24) is 0 Å². The van der Waals surface area contributed by atoms with Gasteiger partial charge in [0.1, 0.15) is 18.6 Å². The highest BCUT2D eigenvalue weighted by Gasteiger charge is 2.03. The second-order valence-corrected chi connectivity index (χ2v) is 4.68. The molecule has 0 spiro atoms. The van der Waals surface area contributed by atoms with Crippen molar-refractivity contribution in [2.75, 3.05) is 13.2 Å². The minimum atomic E-state index is -0.476. The van der Waals surface area contributed by atoms with Crippen LogP contribution in [0, 0.1) is 5.92 Å². The van der Waals surface area contributed by atoms with Crippen LogP contribution in [0.3, 0.4) is 0 Å². The summed E-state index contributed by atoms with van der Waals surface area (Å²) in [5, 5.41) is 0. The van der Waals surface area contributed by atoms with Crippen LogP contribution >= 0.6 is 0 Å². The van der Waals surface area contributed by atoms with Crippen molar-refractivity contribution >= 4 is 12.3 Å². The predicted octanol–water partition coefficient (Wildman–Crippen LogP) is 3.27. The molecule has 4 heteroatoms. The molecule has 0 atom stereocenters. The zero-order valence-electron chi connectivity index (χ0n) is 12.3. The van der Waals surface area contributed by atoms with Gasteiger partial charge in [-0.05, 0) is 18.1 Å². The standard InChI is InChI=1S/C12H12O4.C4H10/c1-2-6-15-12(14)9-16-11-5-3-4-10(7-11)8-13;1-4(2)3/h2-5,7-8H,1,6,9H2;4H,1-3H3. The molecule has 0 aromatic heterocycles. The van der Waals surface area contributed by atoms with Crippen LogP contribution < -0.4 is 4.74 Å². The Morgan fingerprint density at radius 1 is 1.35 bits per heavy atom. The van der Waals surface area contributed by atoms with Crippen molar-refractivity contribution in [3.05, 3.63) is 42.5 Å². The minimum absolute atomic E-state index is 0.163. The van der Waals surface area contributed by atoms with Gasteiger partial charge < -0.3 is 9.47 Å². The molecule has 0 N–H and O–H groups in total. The Morgan fingerprint density at radius 3 is 2.55 bits per heavy atom. The van der Waals surface area contributed by atoms with Crippen molar-refractivity contribution in [3.8, 4) is 5.75 Å². The zero-order valence-corrected chi connectivity index (χ0v) is 12.3. The molecule has 1 aromatic carbocycles. The number of ether oxygens (including phenoxy) is 2. The van der Waals surface area contributed by atoms with E-state index in [0.29, 0.717) is 17.6 Å². The topological polar surface area (TPSA) is 52.6 Å². The van der Waals surface area contributed by atoms with Gasteiger partial charge in [-0.1, -0.05) is 45.6 Å². The number of esters is 1. The molecular weight excluding hydrogens is 256 g/mol. The highest BCUT2D eigenvalue weighted by Crippen LogP contribution is 2.11. The average molecular weight is 278 g/mol. The Morgan fingerprint density at radius 2 is 2.00 bits per heavy atom. The fraction of sp³-hybridized carbons (Fsp3) is 0.375. The van der Waals surface area contributed by atoms with E-state index in [1.54, 1.807) is 24.3 Å². The Bertz CT molecular complexity index is 421. The first-order valence-electron chi connectivity index (χ1n) is 6.44. The highest BCUT2D eigenvalue weighted by atomic mass is 16.6. The smallest absolute Gasteiger partial charge is 0.344 e. The number of carbonyl (C=O) groups is 2. The van der Waals surface area contributed by atoms with Crippen LogP contribution in [-0.2, 0) is 9.53 Å². The summed E-state index contributed by atoms with van der Waals surface area (Å²) >= 11 is 0. The van der Waals surface area contributed by atoms with Crippen molar-refractivity contribution in [2.45, 2.75) is 20.8 Å². The lowest BCUT2D eigenvalue weighted by molar-refractivity contribution is -0.144. The van der Waals surface area contributed by atoms with Crippen molar-refractivity contribution in [2.24, 2.45) is 5.92 Å². The predicted molar refractivity (Wildman–Crippen MR) is 79.0 cm³/mol. The van der Waals surface area contributed by atoms with Crippen LogP contribution in [0.5, 0.6) is 5.75 Å². The summed E-state index contributed by atoms with van der Waals surface area (Å²) in [5.41, 5.74) is 0.497. The Labute approximate surface area is 120 Å². The zero-order chi connectivity index (χ0) is 15.4. The fourth-order valence-electron chi connectivity index (χ4n) is 1.01. The summed E-state index contributed by atoms with van der Waals surface area (Å²) in [6.07, 6.45) is 2.19. The molecular formula is C16H22O4. The average Bonchev–Trinajstić information content (AvgIpc) is 2.42. The third-order valence-electron chi connectivity index (χ3n) is 1.71. The van der Waals surface area contributed by atoms with Crippen LogP contribution in [0.25, 0.3) is 0 Å². The lowest BCUT2D eigenvalue weighted by Gasteiger charge is -2.05. The second kappa shape index (κ2) is 10.8. The molecule has 4 nitrogen and oxygen atoms in total. The highest BCUT2D eigenvalue weighted by molar-refractivity contribution is 5.75. The molecule has 0 aliphatic heterocycles. The third-order valence-corrected chi connectivity index (χ3v) is 1.71. The minimum Gasteiger partial charge on any atom is -0.482 e. The van der Waals surface area contributed by atoms with E-state index in [4.69, 9.17) is 9.47 Å². The first-order chi connectivity index (χ1) is 9.49. The summed E-state index contributed by atoms with van der Waals surface area (Å²) in [6.45, 7) is 9.90. The summed E-state index contributed by atoms with van der Waals surface area (Å²) in [4.78, 5) is 21.5. The first-order valence-corrected chi connectivity index (χ1v) is 6.44. The van der Waals surface area contributed by atoms with E-state index in [2.05, 4.69) is 27.4 Å². The van der Waals surface area contributed by atoms with E-state index in [9.17, 15) is 9.59 Å². The Hall–Kier alpha value is -2.10. The summed E-state index contributed by atoms with van der Waals surface area (Å²) in [6, 6.07) is 6.53. The molecule has 20 heavy (non-hydrogen) atoms. The van der Waals surface area contributed by atoms with E-state index in [1.165, 1.54) is 6.08 Å². The monoisotopic (exact) mass is 278 g/mol. The van der Waals surface area contributed by atoms with E-state index < -0.39 is 5.97 Å². The van der Waals surface area contributed by atoms with Gasteiger partial charge in [0.2, 0.25) is 0 Å². The quantitative estimate of drug-likeness (QED) is 0.455. The normalized spacial score (nSPS) is 9.20. The molecule has 0 aliphatic carbocycles. The van der Waals surface area contributed by atoms with Gasteiger partial charge >= 0.3 is 5.97 Å². The first kappa shape index (κ1) is 17.9. The third kappa shape index (κ3) is 9.88. The van der Waals surface area contributed by atoms with E-state index in [1.807, 2.05) is 0 Å². The van der Waals surface area contributed by atoms with Gasteiger partial charge in [-0.3, -0.25) is 4.79 Å². The molecule has 110 valence electrons. The summed E-state index contributed by atoms with van der Waals surface area (Å²) in [7, 11) is 0. The van der Waals surface area contributed by atoms with Gasteiger partial charge in [-0.2, -0.15) is 0 Å². The molecule has 0 saturated carbocycles. The largest absolute Gasteiger partial charge is 0.482 e. The van der Waals surface area contributed by atoms with E-state index >= 15 is 0 Å². The van der Waals surface area contributed by atoms with Crippen LogP contribution in [0.2, 0.25) is 0 Å². The van der Waals surface area contributed by atoms with Crippen LogP contribution in [-0.4, -0.2) is 25.5 Å². The fourth-order valence-corrected chi connectivity index (χ4v) is 1.01. The maximum Gasteiger partial charge on any atom is 0.344 e. The molecule has 0 bridgehead atoms. The Balaban J connectivity index is 0.000000796. The lowest BCUT2D eigenvalue weighted by Crippen LogP contribution is -2.14. The summed E-state index contributed by atoms with van der Waals surface area (Å²) < 4.78 is 9.86. The molecule has 1 rings (SSSR count). The molecule has 0 amide bonds. The molecule has 0 aliphatic rings. The number of carbonyl (C=O) groups excluding carboxylic acids is 2. The second-order valence-electron chi connectivity index (χ2n) is 4.68. The van der Waals surface area contributed by atoms with Crippen molar-refractivity contribution in [1.29, 1.82) is 0 Å². The van der Waals surface area contributed by atoms with Gasteiger partial charge in [0.15, 0.2) is 6.61 Å². The van der Waals surface area contributed by atoms with Gasteiger partial charge in [0, 0.05) is 5.56 Å². The molecule has 0 radical (unpaired) electrons. The van der Waals surface area contributed by atoms with E-state index in [0.717, 1.165) is 5.92 Å². The van der Waals surface area contributed by atoms with Crippen LogP contribution in [0.4, 0.5) is 0 Å². The Kier molecular flexibility index (Phi) is 9.66. The number of rotatable bonds is 6. The lowest BCUT2D eigenvalue weighted by atomic mass is 10.2. The molecule has 0 heterocycles. The van der Waals surface area contributed by atoms with E-state index in [-0.39, 0.29) is 13.2 Å². The van der Waals surface area contributed by atoms with Crippen LogP contribution in [0.15, 0.2) is 36.9 Å². The molecule has 0 unspecified atom stereocenters. The van der Waals surface area contributed by atoms with Gasteiger partial charge in [-0.15, -0.1) is 0 Å². The molecule has 0 fully saturated rings.